The molecule has 0 aliphatic carbocycles. The van der Waals surface area contributed by atoms with Crippen molar-refractivity contribution in [3.05, 3.63) is 82.7 Å². The minimum Gasteiger partial charge on any atom is -0.467 e. The lowest BCUT2D eigenvalue weighted by Gasteiger charge is -2.08. The van der Waals surface area contributed by atoms with Crippen LogP contribution in [0.3, 0.4) is 0 Å². The lowest BCUT2D eigenvalue weighted by Crippen LogP contribution is -2.25. The van der Waals surface area contributed by atoms with Crippen LogP contribution in [0.15, 0.2) is 70.7 Å². The van der Waals surface area contributed by atoms with Crippen molar-refractivity contribution in [2.45, 2.75) is 6.54 Å². The van der Waals surface area contributed by atoms with Crippen LogP contribution in [0.5, 0.6) is 0 Å². The standard InChI is InChI=1S/C19H14ClN3O2S/c20-13-4-1-5-14(10-13)23-17(11-16(22-23)18-7-3-9-26-18)19(24)21-12-15-6-2-8-25-15/h1-11H,12H2,(H,21,24). The van der Waals surface area contributed by atoms with E-state index in [4.69, 9.17) is 16.0 Å². The SMILES string of the molecule is O=C(NCc1ccco1)c1cc(-c2cccs2)nn1-c1cccc(Cl)c1. The van der Waals surface area contributed by atoms with Gasteiger partial charge in [0.05, 0.1) is 23.4 Å². The molecule has 7 heteroatoms. The summed E-state index contributed by atoms with van der Waals surface area (Å²) in [5.41, 5.74) is 1.90. The Kier molecular flexibility index (Phi) is 4.60. The average molecular weight is 384 g/mol. The molecule has 0 saturated heterocycles. The first-order valence-corrected chi connectivity index (χ1v) is 9.17. The summed E-state index contributed by atoms with van der Waals surface area (Å²) in [4.78, 5) is 13.8. The zero-order chi connectivity index (χ0) is 17.9. The molecule has 0 unspecified atom stereocenters. The highest BCUT2D eigenvalue weighted by molar-refractivity contribution is 7.13. The van der Waals surface area contributed by atoms with Crippen molar-refractivity contribution >= 4 is 28.8 Å². The van der Waals surface area contributed by atoms with Gasteiger partial charge in [-0.1, -0.05) is 23.7 Å². The van der Waals surface area contributed by atoms with Gasteiger partial charge in [0.15, 0.2) is 0 Å². The van der Waals surface area contributed by atoms with Crippen molar-refractivity contribution in [2.24, 2.45) is 0 Å². The third-order valence-corrected chi connectivity index (χ3v) is 4.90. The lowest BCUT2D eigenvalue weighted by molar-refractivity contribution is 0.0940. The van der Waals surface area contributed by atoms with Crippen LogP contribution in [-0.4, -0.2) is 15.7 Å². The summed E-state index contributed by atoms with van der Waals surface area (Å²) in [7, 11) is 0. The van der Waals surface area contributed by atoms with Gasteiger partial charge in [-0.05, 0) is 47.8 Å². The van der Waals surface area contributed by atoms with Crippen molar-refractivity contribution in [2.75, 3.05) is 0 Å². The van der Waals surface area contributed by atoms with Crippen molar-refractivity contribution in [3.8, 4) is 16.3 Å². The molecule has 3 aromatic heterocycles. The molecular formula is C19H14ClN3O2S. The normalized spacial score (nSPS) is 10.8. The van der Waals surface area contributed by atoms with E-state index in [0.29, 0.717) is 23.0 Å². The number of nitrogens with one attached hydrogen (secondary N) is 1. The molecule has 1 amide bonds. The Morgan fingerprint density at radius 2 is 2.12 bits per heavy atom. The van der Waals surface area contributed by atoms with Gasteiger partial charge in [0.25, 0.3) is 5.91 Å². The van der Waals surface area contributed by atoms with E-state index in [0.717, 1.165) is 16.3 Å². The summed E-state index contributed by atoms with van der Waals surface area (Å²) in [6, 6.07) is 16.5. The van der Waals surface area contributed by atoms with E-state index in [9.17, 15) is 4.79 Å². The van der Waals surface area contributed by atoms with Crippen LogP contribution in [0.25, 0.3) is 16.3 Å². The summed E-state index contributed by atoms with van der Waals surface area (Å²) in [5, 5.41) is 10.0. The summed E-state index contributed by atoms with van der Waals surface area (Å²) in [5.74, 6) is 0.447. The fraction of sp³-hybridized carbons (Fsp3) is 0.0526. The molecule has 0 fully saturated rings. The Morgan fingerprint density at radius 1 is 1.19 bits per heavy atom. The van der Waals surface area contributed by atoms with Gasteiger partial charge in [-0.2, -0.15) is 5.10 Å². The first-order chi connectivity index (χ1) is 12.7. The number of halogens is 1. The number of hydrogen-bond donors (Lipinski definition) is 1. The van der Waals surface area contributed by atoms with Gasteiger partial charge in [0, 0.05) is 5.02 Å². The van der Waals surface area contributed by atoms with E-state index in [1.54, 1.807) is 46.5 Å². The van der Waals surface area contributed by atoms with Gasteiger partial charge >= 0.3 is 0 Å². The van der Waals surface area contributed by atoms with Gasteiger partial charge in [0.2, 0.25) is 0 Å². The zero-order valence-electron chi connectivity index (χ0n) is 13.6. The van der Waals surface area contributed by atoms with Gasteiger partial charge in [-0.3, -0.25) is 4.79 Å². The Bertz CT molecular complexity index is 1020. The molecule has 1 aromatic carbocycles. The summed E-state index contributed by atoms with van der Waals surface area (Å²) in [6.45, 7) is 0.306. The smallest absolute Gasteiger partial charge is 0.270 e. The predicted molar refractivity (Wildman–Crippen MR) is 102 cm³/mol. The molecule has 0 spiro atoms. The Hall–Kier alpha value is -2.83. The number of thiophene rings is 1. The molecule has 130 valence electrons. The fourth-order valence-corrected chi connectivity index (χ4v) is 3.43. The average Bonchev–Trinajstić information content (AvgIpc) is 3.40. The second-order valence-electron chi connectivity index (χ2n) is 5.55. The molecular weight excluding hydrogens is 370 g/mol. The molecule has 0 saturated carbocycles. The Labute approximate surface area is 158 Å². The van der Waals surface area contributed by atoms with Crippen molar-refractivity contribution in [1.82, 2.24) is 15.1 Å². The second-order valence-corrected chi connectivity index (χ2v) is 6.93. The number of carbonyl (C=O) groups excluding carboxylic acids is 1. The largest absolute Gasteiger partial charge is 0.467 e. The van der Waals surface area contributed by atoms with Crippen LogP contribution in [0.2, 0.25) is 5.02 Å². The van der Waals surface area contributed by atoms with Crippen molar-refractivity contribution < 1.29 is 9.21 Å². The van der Waals surface area contributed by atoms with E-state index >= 15 is 0 Å². The molecule has 5 nitrogen and oxygen atoms in total. The van der Waals surface area contributed by atoms with Crippen LogP contribution in [0.1, 0.15) is 16.2 Å². The number of nitrogens with zero attached hydrogens (tertiary/aromatic N) is 2. The van der Waals surface area contributed by atoms with Crippen molar-refractivity contribution in [1.29, 1.82) is 0 Å². The Morgan fingerprint density at radius 3 is 2.85 bits per heavy atom. The monoisotopic (exact) mass is 383 g/mol. The molecule has 1 N–H and O–H groups in total. The highest BCUT2D eigenvalue weighted by Crippen LogP contribution is 2.26. The van der Waals surface area contributed by atoms with Crippen LogP contribution in [0.4, 0.5) is 0 Å². The second kappa shape index (κ2) is 7.19. The van der Waals surface area contributed by atoms with Gasteiger partial charge < -0.3 is 9.73 Å². The van der Waals surface area contributed by atoms with Crippen LogP contribution >= 0.6 is 22.9 Å². The third kappa shape index (κ3) is 3.42. The zero-order valence-corrected chi connectivity index (χ0v) is 15.1. The minimum atomic E-state index is -0.239. The van der Waals surface area contributed by atoms with Crippen LogP contribution in [0, 0.1) is 0 Å². The Balaban J connectivity index is 1.70. The van der Waals surface area contributed by atoms with Crippen LogP contribution in [-0.2, 0) is 6.54 Å². The molecule has 4 aromatic rings. The first-order valence-electron chi connectivity index (χ1n) is 7.91. The van der Waals surface area contributed by atoms with Crippen molar-refractivity contribution in [3.63, 3.8) is 0 Å². The number of aromatic nitrogens is 2. The molecule has 26 heavy (non-hydrogen) atoms. The van der Waals surface area contributed by atoms with Gasteiger partial charge in [0.1, 0.15) is 17.1 Å². The highest BCUT2D eigenvalue weighted by Gasteiger charge is 2.18. The van der Waals surface area contributed by atoms with Gasteiger partial charge in [-0.15, -0.1) is 11.3 Å². The summed E-state index contributed by atoms with van der Waals surface area (Å²) in [6.07, 6.45) is 1.58. The molecule has 4 rings (SSSR count). The fourth-order valence-electron chi connectivity index (χ4n) is 2.56. The number of rotatable bonds is 5. The number of hydrogen-bond acceptors (Lipinski definition) is 4. The first kappa shape index (κ1) is 16.6. The molecule has 0 radical (unpaired) electrons. The maximum atomic E-state index is 12.8. The quantitative estimate of drug-likeness (QED) is 0.539. The van der Waals surface area contributed by atoms with E-state index in [2.05, 4.69) is 10.4 Å². The molecule has 0 bridgehead atoms. The highest BCUT2D eigenvalue weighted by atomic mass is 35.5. The molecule has 0 aliphatic heterocycles. The van der Waals surface area contributed by atoms with E-state index in [-0.39, 0.29) is 5.91 Å². The maximum Gasteiger partial charge on any atom is 0.270 e. The molecule has 3 heterocycles. The number of carbonyl (C=O) groups is 1. The summed E-state index contributed by atoms with van der Waals surface area (Å²) < 4.78 is 6.87. The van der Waals surface area contributed by atoms with Gasteiger partial charge in [-0.25, -0.2) is 4.68 Å². The van der Waals surface area contributed by atoms with Crippen LogP contribution < -0.4 is 5.32 Å². The van der Waals surface area contributed by atoms with E-state index in [1.165, 1.54) is 0 Å². The van der Waals surface area contributed by atoms with E-state index < -0.39 is 0 Å². The lowest BCUT2D eigenvalue weighted by atomic mass is 10.2. The summed E-state index contributed by atoms with van der Waals surface area (Å²) >= 11 is 7.68. The maximum absolute atomic E-state index is 12.8. The number of benzene rings is 1. The third-order valence-electron chi connectivity index (χ3n) is 3.77. The molecule has 0 aliphatic rings. The predicted octanol–water partition coefficient (Wildman–Crippen LogP) is 4.78. The topological polar surface area (TPSA) is 60.1 Å². The number of furan rings is 1. The minimum absolute atomic E-state index is 0.239. The van der Waals surface area contributed by atoms with E-state index in [1.807, 2.05) is 35.7 Å². The number of amides is 1. The molecule has 0 atom stereocenters.